The minimum atomic E-state index is -0.261. The lowest BCUT2D eigenvalue weighted by atomic mass is 10.2. The van der Waals surface area contributed by atoms with Gasteiger partial charge in [-0.3, -0.25) is 4.79 Å². The lowest BCUT2D eigenvalue weighted by Crippen LogP contribution is -2.17. The highest BCUT2D eigenvalue weighted by Crippen LogP contribution is 2.22. The molecule has 1 amide bonds. The number of amides is 1. The summed E-state index contributed by atoms with van der Waals surface area (Å²) in [6.45, 7) is 2.51. The van der Waals surface area contributed by atoms with Crippen LogP contribution in [0.5, 0.6) is 0 Å². The second-order valence-electron chi connectivity index (χ2n) is 5.17. The normalized spacial score (nSPS) is 14.4. The van der Waals surface area contributed by atoms with Gasteiger partial charge in [0.05, 0.1) is 6.54 Å². The van der Waals surface area contributed by atoms with Crippen LogP contribution in [-0.2, 0) is 6.54 Å². The van der Waals surface area contributed by atoms with Crippen molar-refractivity contribution in [2.75, 3.05) is 23.3 Å². The number of carbonyl (C=O) groups excluding carboxylic acids is 1. The quantitative estimate of drug-likeness (QED) is 0.905. The Labute approximate surface area is 123 Å². The summed E-state index contributed by atoms with van der Waals surface area (Å²) in [6.07, 6.45) is 2.50. The van der Waals surface area contributed by atoms with E-state index < -0.39 is 0 Å². The van der Waals surface area contributed by atoms with E-state index in [0.717, 1.165) is 18.8 Å². The molecule has 0 saturated carbocycles. The van der Waals surface area contributed by atoms with Crippen molar-refractivity contribution in [1.82, 2.24) is 0 Å². The maximum Gasteiger partial charge on any atom is 0.291 e. The highest BCUT2D eigenvalue weighted by molar-refractivity contribution is 6.02. The van der Waals surface area contributed by atoms with Gasteiger partial charge in [-0.2, -0.15) is 0 Å². The van der Waals surface area contributed by atoms with E-state index >= 15 is 0 Å². The van der Waals surface area contributed by atoms with Crippen molar-refractivity contribution >= 4 is 17.3 Å². The van der Waals surface area contributed by atoms with E-state index in [9.17, 15) is 4.79 Å². The summed E-state index contributed by atoms with van der Waals surface area (Å²) < 4.78 is 5.33. The van der Waals surface area contributed by atoms with Gasteiger partial charge in [-0.1, -0.05) is 0 Å². The molecule has 0 aliphatic carbocycles. The molecule has 2 aromatic rings. The van der Waals surface area contributed by atoms with E-state index in [1.165, 1.54) is 18.5 Å². The molecule has 0 radical (unpaired) electrons. The van der Waals surface area contributed by atoms with Crippen LogP contribution in [0, 0.1) is 0 Å². The minimum absolute atomic E-state index is 0.261. The SMILES string of the molecule is NCc1ccc(C(=O)Nc2ccc(N3CCCC3)cc2)o1. The highest BCUT2D eigenvalue weighted by atomic mass is 16.4. The van der Waals surface area contributed by atoms with Gasteiger partial charge in [0.2, 0.25) is 0 Å². The summed E-state index contributed by atoms with van der Waals surface area (Å²) >= 11 is 0. The van der Waals surface area contributed by atoms with Gasteiger partial charge in [-0.25, -0.2) is 0 Å². The molecule has 1 aliphatic rings. The van der Waals surface area contributed by atoms with Gasteiger partial charge in [0.1, 0.15) is 5.76 Å². The first kappa shape index (κ1) is 13.7. The summed E-state index contributed by atoms with van der Waals surface area (Å²) in [5.41, 5.74) is 7.42. The number of hydrogen-bond donors (Lipinski definition) is 2. The number of anilines is 2. The van der Waals surface area contributed by atoms with Gasteiger partial charge in [0.25, 0.3) is 5.91 Å². The molecule has 1 fully saturated rings. The van der Waals surface area contributed by atoms with Gasteiger partial charge in [0, 0.05) is 24.5 Å². The van der Waals surface area contributed by atoms with Crippen LogP contribution in [0.2, 0.25) is 0 Å². The summed E-state index contributed by atoms with van der Waals surface area (Å²) in [5.74, 6) is 0.618. The standard InChI is InChI=1S/C16H19N3O2/c17-11-14-7-8-15(21-14)16(20)18-12-3-5-13(6-4-12)19-9-1-2-10-19/h3-8H,1-2,9-11,17H2,(H,18,20). The predicted octanol–water partition coefficient (Wildman–Crippen LogP) is 2.59. The van der Waals surface area contributed by atoms with Crippen LogP contribution in [0.3, 0.4) is 0 Å². The Morgan fingerprint density at radius 2 is 1.86 bits per heavy atom. The van der Waals surface area contributed by atoms with E-state index in [0.29, 0.717) is 5.76 Å². The zero-order chi connectivity index (χ0) is 14.7. The molecule has 0 unspecified atom stereocenters. The number of benzene rings is 1. The third kappa shape index (κ3) is 3.08. The Kier molecular flexibility index (Phi) is 3.92. The Morgan fingerprint density at radius 1 is 1.14 bits per heavy atom. The zero-order valence-electron chi connectivity index (χ0n) is 11.8. The first-order valence-electron chi connectivity index (χ1n) is 7.21. The smallest absolute Gasteiger partial charge is 0.291 e. The minimum Gasteiger partial charge on any atom is -0.455 e. The molecule has 3 N–H and O–H groups in total. The monoisotopic (exact) mass is 285 g/mol. The molecule has 21 heavy (non-hydrogen) atoms. The summed E-state index contributed by atoms with van der Waals surface area (Å²) in [4.78, 5) is 14.4. The van der Waals surface area contributed by atoms with Gasteiger partial charge < -0.3 is 20.4 Å². The molecular weight excluding hydrogens is 266 g/mol. The number of nitrogens with one attached hydrogen (secondary N) is 1. The molecule has 0 bridgehead atoms. The van der Waals surface area contributed by atoms with Crippen LogP contribution >= 0.6 is 0 Å². The van der Waals surface area contributed by atoms with Crippen LogP contribution in [0.25, 0.3) is 0 Å². The summed E-state index contributed by atoms with van der Waals surface area (Å²) in [5, 5.41) is 2.82. The molecule has 3 rings (SSSR count). The van der Waals surface area contributed by atoms with E-state index in [1.807, 2.05) is 24.3 Å². The first-order valence-corrected chi connectivity index (χ1v) is 7.21. The highest BCUT2D eigenvalue weighted by Gasteiger charge is 2.13. The Bertz CT molecular complexity index is 613. The first-order chi connectivity index (χ1) is 10.3. The number of hydrogen-bond acceptors (Lipinski definition) is 4. The van der Waals surface area contributed by atoms with Crippen LogP contribution in [0.1, 0.15) is 29.2 Å². The Balaban J connectivity index is 1.65. The summed E-state index contributed by atoms with van der Waals surface area (Å²) in [6, 6.07) is 11.3. The number of carbonyl (C=O) groups is 1. The topological polar surface area (TPSA) is 71.5 Å². The third-order valence-electron chi connectivity index (χ3n) is 3.68. The predicted molar refractivity (Wildman–Crippen MR) is 82.4 cm³/mol. The van der Waals surface area contributed by atoms with Crippen LogP contribution < -0.4 is 16.0 Å². The van der Waals surface area contributed by atoms with E-state index in [1.54, 1.807) is 12.1 Å². The Hall–Kier alpha value is -2.27. The fraction of sp³-hybridized carbons (Fsp3) is 0.312. The molecule has 110 valence electrons. The van der Waals surface area contributed by atoms with Crippen molar-refractivity contribution in [2.45, 2.75) is 19.4 Å². The van der Waals surface area contributed by atoms with Crippen molar-refractivity contribution in [1.29, 1.82) is 0 Å². The van der Waals surface area contributed by atoms with Crippen LogP contribution in [0.15, 0.2) is 40.8 Å². The molecule has 0 spiro atoms. The lowest BCUT2D eigenvalue weighted by Gasteiger charge is -2.17. The van der Waals surface area contributed by atoms with Gasteiger partial charge >= 0.3 is 0 Å². The van der Waals surface area contributed by atoms with E-state index in [-0.39, 0.29) is 18.2 Å². The second kappa shape index (κ2) is 6.01. The average Bonchev–Trinajstić information content (AvgIpc) is 3.19. The van der Waals surface area contributed by atoms with Crippen molar-refractivity contribution in [3.8, 4) is 0 Å². The van der Waals surface area contributed by atoms with E-state index in [4.69, 9.17) is 10.2 Å². The molecule has 1 saturated heterocycles. The number of rotatable bonds is 4. The molecule has 1 aromatic carbocycles. The van der Waals surface area contributed by atoms with Crippen molar-refractivity contribution < 1.29 is 9.21 Å². The molecule has 0 atom stereocenters. The van der Waals surface area contributed by atoms with Crippen molar-refractivity contribution in [3.63, 3.8) is 0 Å². The number of furan rings is 1. The summed E-state index contributed by atoms with van der Waals surface area (Å²) in [7, 11) is 0. The van der Waals surface area contributed by atoms with Gasteiger partial charge in [0.15, 0.2) is 5.76 Å². The molecule has 5 nitrogen and oxygen atoms in total. The number of nitrogens with zero attached hydrogens (tertiary/aromatic N) is 1. The van der Waals surface area contributed by atoms with Gasteiger partial charge in [-0.15, -0.1) is 0 Å². The lowest BCUT2D eigenvalue weighted by molar-refractivity contribution is 0.0995. The molecule has 1 aromatic heterocycles. The fourth-order valence-electron chi connectivity index (χ4n) is 2.53. The second-order valence-corrected chi connectivity index (χ2v) is 5.17. The van der Waals surface area contributed by atoms with Gasteiger partial charge in [-0.05, 0) is 49.2 Å². The maximum absolute atomic E-state index is 12.0. The van der Waals surface area contributed by atoms with Crippen molar-refractivity contribution in [2.24, 2.45) is 5.73 Å². The Morgan fingerprint density at radius 3 is 2.48 bits per heavy atom. The number of nitrogens with two attached hydrogens (primary N) is 1. The zero-order valence-corrected chi connectivity index (χ0v) is 11.8. The molecule has 5 heteroatoms. The largest absolute Gasteiger partial charge is 0.455 e. The molecular formula is C16H19N3O2. The average molecular weight is 285 g/mol. The molecule has 1 aliphatic heterocycles. The molecule has 2 heterocycles. The fourth-order valence-corrected chi connectivity index (χ4v) is 2.53. The van der Waals surface area contributed by atoms with Crippen molar-refractivity contribution in [3.05, 3.63) is 47.9 Å². The van der Waals surface area contributed by atoms with Crippen LogP contribution in [-0.4, -0.2) is 19.0 Å². The maximum atomic E-state index is 12.0. The van der Waals surface area contributed by atoms with Crippen LogP contribution in [0.4, 0.5) is 11.4 Å². The van der Waals surface area contributed by atoms with E-state index in [2.05, 4.69) is 10.2 Å². The third-order valence-corrected chi connectivity index (χ3v) is 3.68.